The molecule has 3 atom stereocenters. The van der Waals surface area contributed by atoms with Crippen LogP contribution in [0.25, 0.3) is 0 Å². The lowest BCUT2D eigenvalue weighted by Gasteiger charge is -2.23. The summed E-state index contributed by atoms with van der Waals surface area (Å²) in [6.45, 7) is 9.29. The summed E-state index contributed by atoms with van der Waals surface area (Å²) in [5, 5.41) is 0. The van der Waals surface area contributed by atoms with Crippen molar-refractivity contribution in [2.75, 3.05) is 0 Å². The Balaban J connectivity index is 2.21. The van der Waals surface area contributed by atoms with Crippen LogP contribution in [0.15, 0.2) is 11.1 Å². The summed E-state index contributed by atoms with van der Waals surface area (Å²) in [6.07, 6.45) is 6.23. The van der Waals surface area contributed by atoms with E-state index in [1.54, 1.807) is 11.1 Å². The van der Waals surface area contributed by atoms with Crippen molar-refractivity contribution in [3.05, 3.63) is 11.1 Å². The van der Waals surface area contributed by atoms with Crippen LogP contribution in [-0.2, 0) is 0 Å². The van der Waals surface area contributed by atoms with Crippen molar-refractivity contribution in [2.24, 2.45) is 17.1 Å². The number of allylic oxidation sites excluding steroid dienone is 2. The maximum Gasteiger partial charge on any atom is 0.0249 e. The van der Waals surface area contributed by atoms with E-state index < -0.39 is 0 Å². The molecule has 2 rings (SSSR count). The second kappa shape index (κ2) is 3.35. The minimum Gasteiger partial charge on any atom is -0.324 e. The van der Waals surface area contributed by atoms with Gasteiger partial charge in [0, 0.05) is 5.54 Å². The fraction of sp³-hybridized carbons (Fsp3) is 0.857. The van der Waals surface area contributed by atoms with Gasteiger partial charge in [0.15, 0.2) is 0 Å². The Morgan fingerprint density at radius 3 is 2.27 bits per heavy atom. The molecule has 1 fully saturated rings. The SMILES string of the molecule is CC[C@@H]1[C@]2(N)CC/C(C)=C(/C)CC[C@]12C. The zero-order valence-electron chi connectivity index (χ0n) is 10.7. The van der Waals surface area contributed by atoms with E-state index in [9.17, 15) is 0 Å². The van der Waals surface area contributed by atoms with Crippen molar-refractivity contribution < 1.29 is 0 Å². The zero-order chi connectivity index (χ0) is 11.3. The third-order valence-electron chi connectivity index (χ3n) is 5.44. The van der Waals surface area contributed by atoms with Gasteiger partial charge < -0.3 is 5.73 Å². The van der Waals surface area contributed by atoms with Crippen molar-refractivity contribution in [2.45, 2.75) is 65.3 Å². The molecule has 2 N–H and O–H groups in total. The standard InChI is InChI=1S/C14H25N/c1-5-12-13(4)8-6-10(2)11(3)7-9-14(12,13)15/h12H,5-9,15H2,1-4H3/b11-10-/t12-,13+,14+/m0/s1. The molecular weight excluding hydrogens is 182 g/mol. The Morgan fingerprint density at radius 1 is 1.20 bits per heavy atom. The summed E-state index contributed by atoms with van der Waals surface area (Å²) in [6, 6.07) is 0. The monoisotopic (exact) mass is 207 g/mol. The maximum atomic E-state index is 6.60. The number of nitrogens with two attached hydrogens (primary N) is 1. The van der Waals surface area contributed by atoms with Crippen LogP contribution in [0, 0.1) is 11.3 Å². The first-order valence-corrected chi connectivity index (χ1v) is 6.40. The molecule has 0 aliphatic heterocycles. The molecule has 15 heavy (non-hydrogen) atoms. The van der Waals surface area contributed by atoms with E-state index in [4.69, 9.17) is 5.73 Å². The molecule has 0 saturated heterocycles. The maximum absolute atomic E-state index is 6.60. The lowest BCUT2D eigenvalue weighted by atomic mass is 9.86. The highest BCUT2D eigenvalue weighted by atomic mass is 14.9. The van der Waals surface area contributed by atoms with Gasteiger partial charge in [-0.1, -0.05) is 31.4 Å². The second-order valence-corrected chi connectivity index (χ2v) is 5.98. The summed E-state index contributed by atoms with van der Waals surface area (Å²) in [7, 11) is 0. The van der Waals surface area contributed by atoms with Gasteiger partial charge in [-0.3, -0.25) is 0 Å². The average Bonchev–Trinajstić information content (AvgIpc) is 2.67. The molecule has 1 heteroatoms. The highest BCUT2D eigenvalue weighted by molar-refractivity contribution is 5.27. The van der Waals surface area contributed by atoms with Crippen LogP contribution in [0.1, 0.15) is 59.8 Å². The molecular formula is C14H25N. The Hall–Kier alpha value is -0.300. The molecule has 0 aromatic rings. The van der Waals surface area contributed by atoms with Crippen molar-refractivity contribution in [3.8, 4) is 0 Å². The van der Waals surface area contributed by atoms with E-state index in [2.05, 4.69) is 27.7 Å². The smallest absolute Gasteiger partial charge is 0.0249 e. The van der Waals surface area contributed by atoms with E-state index in [1.807, 2.05) is 0 Å². The van der Waals surface area contributed by atoms with Gasteiger partial charge in [-0.25, -0.2) is 0 Å². The van der Waals surface area contributed by atoms with Crippen LogP contribution in [0.3, 0.4) is 0 Å². The van der Waals surface area contributed by atoms with Crippen LogP contribution in [0.5, 0.6) is 0 Å². The van der Waals surface area contributed by atoms with Crippen LogP contribution in [0.2, 0.25) is 0 Å². The topological polar surface area (TPSA) is 26.0 Å². The van der Waals surface area contributed by atoms with E-state index in [0.29, 0.717) is 5.41 Å². The first-order valence-electron chi connectivity index (χ1n) is 6.40. The molecule has 0 aromatic carbocycles. The molecule has 2 aliphatic rings. The predicted octanol–water partition coefficient (Wildman–Crippen LogP) is 3.64. The summed E-state index contributed by atoms with van der Waals surface area (Å²) in [5.41, 5.74) is 10.4. The number of hydrogen-bond acceptors (Lipinski definition) is 1. The van der Waals surface area contributed by atoms with Gasteiger partial charge in [0.25, 0.3) is 0 Å². The Morgan fingerprint density at radius 2 is 1.73 bits per heavy atom. The fourth-order valence-corrected chi connectivity index (χ4v) is 3.85. The van der Waals surface area contributed by atoms with E-state index in [-0.39, 0.29) is 5.54 Å². The molecule has 0 bridgehead atoms. The molecule has 2 aliphatic carbocycles. The lowest BCUT2D eigenvalue weighted by molar-refractivity contribution is 0.388. The number of rotatable bonds is 1. The normalized spacial score (nSPS) is 50.6. The molecule has 0 unspecified atom stereocenters. The minimum absolute atomic E-state index is 0.156. The third kappa shape index (κ3) is 1.39. The predicted molar refractivity (Wildman–Crippen MR) is 65.6 cm³/mol. The molecule has 0 radical (unpaired) electrons. The van der Waals surface area contributed by atoms with Gasteiger partial charge in [0.1, 0.15) is 0 Å². The van der Waals surface area contributed by atoms with Crippen LogP contribution in [0.4, 0.5) is 0 Å². The van der Waals surface area contributed by atoms with E-state index >= 15 is 0 Å². The van der Waals surface area contributed by atoms with Gasteiger partial charge in [0.2, 0.25) is 0 Å². The van der Waals surface area contributed by atoms with Crippen molar-refractivity contribution >= 4 is 0 Å². The molecule has 1 nitrogen and oxygen atoms in total. The quantitative estimate of drug-likeness (QED) is 0.653. The van der Waals surface area contributed by atoms with E-state index in [0.717, 1.165) is 5.92 Å². The molecule has 0 spiro atoms. The summed E-state index contributed by atoms with van der Waals surface area (Å²) >= 11 is 0. The Labute approximate surface area is 94.1 Å². The largest absolute Gasteiger partial charge is 0.324 e. The van der Waals surface area contributed by atoms with Crippen LogP contribution >= 0.6 is 0 Å². The molecule has 0 amide bonds. The van der Waals surface area contributed by atoms with Crippen molar-refractivity contribution in [1.29, 1.82) is 0 Å². The first kappa shape index (κ1) is 11.2. The third-order valence-corrected chi connectivity index (χ3v) is 5.44. The Kier molecular flexibility index (Phi) is 2.50. The highest BCUT2D eigenvalue weighted by Crippen LogP contribution is 2.67. The zero-order valence-corrected chi connectivity index (χ0v) is 10.7. The van der Waals surface area contributed by atoms with Crippen molar-refractivity contribution in [3.63, 3.8) is 0 Å². The minimum atomic E-state index is 0.156. The van der Waals surface area contributed by atoms with Gasteiger partial charge in [0.05, 0.1) is 0 Å². The summed E-state index contributed by atoms with van der Waals surface area (Å²) < 4.78 is 0. The molecule has 0 aromatic heterocycles. The van der Waals surface area contributed by atoms with Gasteiger partial charge >= 0.3 is 0 Å². The Bertz CT molecular complexity index is 276. The fourth-order valence-electron chi connectivity index (χ4n) is 3.85. The molecule has 86 valence electrons. The lowest BCUT2D eigenvalue weighted by Crippen LogP contribution is -2.31. The second-order valence-electron chi connectivity index (χ2n) is 5.98. The van der Waals surface area contributed by atoms with Gasteiger partial charge in [-0.2, -0.15) is 0 Å². The van der Waals surface area contributed by atoms with Crippen molar-refractivity contribution in [1.82, 2.24) is 0 Å². The first-order chi connectivity index (χ1) is 6.95. The highest BCUT2D eigenvalue weighted by Gasteiger charge is 2.69. The average molecular weight is 207 g/mol. The molecule has 1 saturated carbocycles. The van der Waals surface area contributed by atoms with Crippen LogP contribution in [-0.4, -0.2) is 5.54 Å². The van der Waals surface area contributed by atoms with Gasteiger partial charge in [-0.15, -0.1) is 0 Å². The van der Waals surface area contributed by atoms with Crippen LogP contribution < -0.4 is 5.73 Å². The molecule has 0 heterocycles. The number of fused-ring (bicyclic) bond motifs is 1. The summed E-state index contributed by atoms with van der Waals surface area (Å²) in [5.74, 6) is 0.767. The van der Waals surface area contributed by atoms with Gasteiger partial charge in [-0.05, 0) is 50.9 Å². The summed E-state index contributed by atoms with van der Waals surface area (Å²) in [4.78, 5) is 0. The number of hydrogen-bond donors (Lipinski definition) is 1. The van der Waals surface area contributed by atoms with E-state index in [1.165, 1.54) is 32.1 Å².